The third-order valence-electron chi connectivity index (χ3n) is 3.20. The van der Waals surface area contributed by atoms with Gasteiger partial charge in [0.1, 0.15) is 0 Å². The second kappa shape index (κ2) is 3.57. The second-order valence-corrected chi connectivity index (χ2v) is 4.27. The summed E-state index contributed by atoms with van der Waals surface area (Å²) in [5.41, 5.74) is 0. The first-order valence-electron chi connectivity index (χ1n) is 4.84. The van der Waals surface area contributed by atoms with Gasteiger partial charge in [0, 0.05) is 6.04 Å². The number of hydrogen-bond acceptors (Lipinski definition) is 1. The summed E-state index contributed by atoms with van der Waals surface area (Å²) < 4.78 is 0. The Balaban J connectivity index is 2.56. The lowest BCUT2D eigenvalue weighted by Crippen LogP contribution is -2.33. The molecule has 0 aromatic carbocycles. The van der Waals surface area contributed by atoms with Crippen molar-refractivity contribution < 1.29 is 0 Å². The number of rotatable bonds is 2. The Kier molecular flexibility index (Phi) is 2.94. The molecule has 0 amide bonds. The second-order valence-electron chi connectivity index (χ2n) is 4.27. The normalized spacial score (nSPS) is 38.5. The van der Waals surface area contributed by atoms with Crippen molar-refractivity contribution >= 4 is 0 Å². The van der Waals surface area contributed by atoms with Gasteiger partial charge in [-0.25, -0.2) is 0 Å². The maximum absolute atomic E-state index is 3.43. The molecule has 1 nitrogen and oxygen atoms in total. The molecule has 0 bridgehead atoms. The Morgan fingerprint density at radius 1 is 1.27 bits per heavy atom. The van der Waals surface area contributed by atoms with Crippen LogP contribution in [-0.4, -0.2) is 13.1 Å². The van der Waals surface area contributed by atoms with Crippen LogP contribution >= 0.6 is 0 Å². The van der Waals surface area contributed by atoms with Crippen LogP contribution in [0.4, 0.5) is 0 Å². The van der Waals surface area contributed by atoms with Gasteiger partial charge in [0.05, 0.1) is 0 Å². The minimum absolute atomic E-state index is 0.782. The molecular weight excluding hydrogens is 134 g/mol. The van der Waals surface area contributed by atoms with Gasteiger partial charge in [0.2, 0.25) is 0 Å². The highest BCUT2D eigenvalue weighted by Crippen LogP contribution is 2.36. The van der Waals surface area contributed by atoms with Crippen LogP contribution in [0.3, 0.4) is 0 Å². The Bertz CT molecular complexity index is 120. The fraction of sp³-hybridized carbons (Fsp3) is 1.00. The van der Waals surface area contributed by atoms with Gasteiger partial charge in [0.25, 0.3) is 0 Å². The lowest BCUT2D eigenvalue weighted by Gasteiger charge is -2.26. The van der Waals surface area contributed by atoms with Crippen molar-refractivity contribution in [1.29, 1.82) is 0 Å². The summed E-state index contributed by atoms with van der Waals surface area (Å²) in [5, 5.41) is 3.43. The fourth-order valence-electron chi connectivity index (χ4n) is 2.68. The summed E-state index contributed by atoms with van der Waals surface area (Å²) in [5.74, 6) is 2.66. The SMILES string of the molecule is CNC1CCC(C)C1C(C)C. The quantitative estimate of drug-likeness (QED) is 0.645. The smallest absolute Gasteiger partial charge is 0.00974 e. The zero-order valence-electron chi connectivity index (χ0n) is 8.22. The standard InChI is InChI=1S/C10H21N/c1-7(2)10-8(3)5-6-9(10)11-4/h7-11H,5-6H2,1-4H3. The highest BCUT2D eigenvalue weighted by Gasteiger charge is 2.33. The molecule has 0 spiro atoms. The molecule has 1 N–H and O–H groups in total. The van der Waals surface area contributed by atoms with Crippen molar-refractivity contribution in [2.75, 3.05) is 7.05 Å². The molecule has 66 valence electrons. The molecule has 11 heavy (non-hydrogen) atoms. The zero-order chi connectivity index (χ0) is 8.43. The van der Waals surface area contributed by atoms with Crippen molar-refractivity contribution in [3.8, 4) is 0 Å². The molecule has 1 heteroatoms. The maximum Gasteiger partial charge on any atom is 0.00974 e. The van der Waals surface area contributed by atoms with Gasteiger partial charge in [-0.2, -0.15) is 0 Å². The van der Waals surface area contributed by atoms with E-state index in [2.05, 4.69) is 33.1 Å². The molecule has 3 unspecified atom stereocenters. The minimum atomic E-state index is 0.782. The third-order valence-corrected chi connectivity index (χ3v) is 3.20. The zero-order valence-corrected chi connectivity index (χ0v) is 8.22. The van der Waals surface area contributed by atoms with Crippen LogP contribution in [0.2, 0.25) is 0 Å². The van der Waals surface area contributed by atoms with Crippen LogP contribution < -0.4 is 5.32 Å². The molecule has 1 rings (SSSR count). The van der Waals surface area contributed by atoms with E-state index < -0.39 is 0 Å². The Hall–Kier alpha value is -0.0400. The van der Waals surface area contributed by atoms with Gasteiger partial charge < -0.3 is 5.32 Å². The highest BCUT2D eigenvalue weighted by atomic mass is 14.9. The number of hydrogen-bond donors (Lipinski definition) is 1. The Morgan fingerprint density at radius 3 is 2.27 bits per heavy atom. The van der Waals surface area contributed by atoms with E-state index in [1.165, 1.54) is 12.8 Å². The van der Waals surface area contributed by atoms with Crippen LogP contribution in [0.15, 0.2) is 0 Å². The van der Waals surface area contributed by atoms with E-state index in [1.807, 2.05) is 0 Å². The van der Waals surface area contributed by atoms with Crippen LogP contribution in [0.1, 0.15) is 33.6 Å². The van der Waals surface area contributed by atoms with Gasteiger partial charge in [0.15, 0.2) is 0 Å². The summed E-state index contributed by atoms with van der Waals surface area (Å²) >= 11 is 0. The summed E-state index contributed by atoms with van der Waals surface area (Å²) in [6.45, 7) is 7.08. The van der Waals surface area contributed by atoms with Crippen LogP contribution in [0.5, 0.6) is 0 Å². The monoisotopic (exact) mass is 155 g/mol. The van der Waals surface area contributed by atoms with Crippen molar-refractivity contribution in [3.05, 3.63) is 0 Å². The molecule has 1 saturated carbocycles. The van der Waals surface area contributed by atoms with Gasteiger partial charge in [-0.05, 0) is 37.6 Å². The van der Waals surface area contributed by atoms with Gasteiger partial charge in [-0.15, -0.1) is 0 Å². The van der Waals surface area contributed by atoms with Crippen molar-refractivity contribution in [3.63, 3.8) is 0 Å². The molecule has 1 aliphatic carbocycles. The lowest BCUT2D eigenvalue weighted by molar-refractivity contribution is 0.268. The molecule has 0 saturated heterocycles. The predicted octanol–water partition coefficient (Wildman–Crippen LogP) is 2.28. The van der Waals surface area contributed by atoms with E-state index in [4.69, 9.17) is 0 Å². The molecule has 1 fully saturated rings. The van der Waals surface area contributed by atoms with E-state index in [9.17, 15) is 0 Å². The summed E-state index contributed by atoms with van der Waals surface area (Å²) in [4.78, 5) is 0. The van der Waals surface area contributed by atoms with Gasteiger partial charge in [-0.1, -0.05) is 20.8 Å². The highest BCUT2D eigenvalue weighted by molar-refractivity contribution is 4.88. The topological polar surface area (TPSA) is 12.0 Å². The van der Waals surface area contributed by atoms with Crippen molar-refractivity contribution in [2.24, 2.45) is 17.8 Å². The molecule has 1 aliphatic rings. The largest absolute Gasteiger partial charge is 0.317 e. The van der Waals surface area contributed by atoms with Gasteiger partial charge >= 0.3 is 0 Å². The first-order valence-corrected chi connectivity index (χ1v) is 4.84. The van der Waals surface area contributed by atoms with E-state index in [0.29, 0.717) is 0 Å². The molecule has 0 heterocycles. The molecule has 0 radical (unpaired) electrons. The third kappa shape index (κ3) is 1.76. The predicted molar refractivity (Wildman–Crippen MR) is 49.6 cm³/mol. The van der Waals surface area contributed by atoms with E-state index in [0.717, 1.165) is 23.8 Å². The van der Waals surface area contributed by atoms with Crippen LogP contribution in [0, 0.1) is 17.8 Å². The first-order chi connectivity index (χ1) is 5.16. The fourth-order valence-corrected chi connectivity index (χ4v) is 2.68. The Morgan fingerprint density at radius 2 is 1.91 bits per heavy atom. The Labute approximate surface area is 70.6 Å². The molecular formula is C10H21N. The molecule has 0 aromatic heterocycles. The van der Waals surface area contributed by atoms with Crippen molar-refractivity contribution in [1.82, 2.24) is 5.32 Å². The van der Waals surface area contributed by atoms with E-state index in [1.54, 1.807) is 0 Å². The number of nitrogens with one attached hydrogen (secondary N) is 1. The van der Waals surface area contributed by atoms with E-state index >= 15 is 0 Å². The molecule has 3 atom stereocenters. The van der Waals surface area contributed by atoms with Crippen LogP contribution in [0.25, 0.3) is 0 Å². The van der Waals surface area contributed by atoms with Crippen molar-refractivity contribution in [2.45, 2.75) is 39.7 Å². The average Bonchev–Trinajstić information content (AvgIpc) is 2.30. The molecule has 0 aromatic rings. The summed E-state index contributed by atoms with van der Waals surface area (Å²) in [6, 6.07) is 0.782. The molecule has 0 aliphatic heterocycles. The van der Waals surface area contributed by atoms with E-state index in [-0.39, 0.29) is 0 Å². The average molecular weight is 155 g/mol. The lowest BCUT2D eigenvalue weighted by atomic mass is 9.85. The minimum Gasteiger partial charge on any atom is -0.317 e. The van der Waals surface area contributed by atoms with Crippen LogP contribution in [-0.2, 0) is 0 Å². The summed E-state index contributed by atoms with van der Waals surface area (Å²) in [7, 11) is 2.10. The maximum atomic E-state index is 3.43. The first kappa shape index (κ1) is 9.05. The van der Waals surface area contributed by atoms with Gasteiger partial charge in [-0.3, -0.25) is 0 Å². The summed E-state index contributed by atoms with van der Waals surface area (Å²) in [6.07, 6.45) is 2.79.